The van der Waals surface area contributed by atoms with E-state index in [9.17, 15) is 4.79 Å². The van der Waals surface area contributed by atoms with Crippen LogP contribution in [0.3, 0.4) is 0 Å². The normalized spacial score (nSPS) is 15.8. The lowest BCUT2D eigenvalue weighted by Crippen LogP contribution is -2.04. The molecule has 0 aromatic carbocycles. The molecule has 0 spiro atoms. The zero-order valence-corrected chi connectivity index (χ0v) is 10.5. The molecule has 0 radical (unpaired) electrons. The standard InChI is InChI=1S/C13H11N3OS/c1-7-2-3-9(18-7)5-11-10-4-8(14)6-15-12(10)16-13(11)17/h2-6H,14H2,1H3,(H,15,16,17). The molecule has 1 aliphatic rings. The van der Waals surface area contributed by atoms with E-state index in [4.69, 9.17) is 5.73 Å². The quantitative estimate of drug-likeness (QED) is 0.771. The van der Waals surface area contributed by atoms with Gasteiger partial charge in [0.25, 0.3) is 5.91 Å². The van der Waals surface area contributed by atoms with Crippen LogP contribution in [0.2, 0.25) is 0 Å². The van der Waals surface area contributed by atoms with Crippen molar-refractivity contribution in [1.29, 1.82) is 0 Å². The number of nitrogens with zero attached hydrogens (tertiary/aromatic N) is 1. The average Bonchev–Trinajstić information content (AvgIpc) is 2.86. The van der Waals surface area contributed by atoms with Crippen LogP contribution in [0, 0.1) is 6.92 Å². The molecule has 3 rings (SSSR count). The van der Waals surface area contributed by atoms with Gasteiger partial charge in [0.2, 0.25) is 0 Å². The average molecular weight is 257 g/mol. The summed E-state index contributed by atoms with van der Waals surface area (Å²) in [5.74, 6) is 0.447. The van der Waals surface area contributed by atoms with Crippen LogP contribution in [0.5, 0.6) is 0 Å². The van der Waals surface area contributed by atoms with Crippen molar-refractivity contribution in [3.8, 4) is 0 Å². The fraction of sp³-hybridized carbons (Fsp3) is 0.0769. The minimum absolute atomic E-state index is 0.130. The third-order valence-electron chi connectivity index (χ3n) is 2.72. The number of rotatable bonds is 1. The number of nitrogens with two attached hydrogens (primary N) is 1. The van der Waals surface area contributed by atoms with Gasteiger partial charge in [0.1, 0.15) is 5.82 Å². The molecule has 0 atom stereocenters. The second kappa shape index (κ2) is 3.96. The molecule has 0 saturated heterocycles. The van der Waals surface area contributed by atoms with Crippen molar-refractivity contribution in [2.24, 2.45) is 0 Å². The van der Waals surface area contributed by atoms with Crippen LogP contribution in [0.4, 0.5) is 11.5 Å². The Balaban J connectivity index is 2.11. The summed E-state index contributed by atoms with van der Waals surface area (Å²) >= 11 is 1.65. The monoisotopic (exact) mass is 257 g/mol. The number of aromatic nitrogens is 1. The van der Waals surface area contributed by atoms with E-state index in [2.05, 4.69) is 10.3 Å². The Labute approximate surface area is 108 Å². The van der Waals surface area contributed by atoms with Crippen LogP contribution in [0.25, 0.3) is 11.6 Å². The number of amides is 1. The van der Waals surface area contributed by atoms with Gasteiger partial charge < -0.3 is 11.1 Å². The summed E-state index contributed by atoms with van der Waals surface area (Å²) in [4.78, 5) is 18.3. The summed E-state index contributed by atoms with van der Waals surface area (Å²) in [6, 6.07) is 5.80. The van der Waals surface area contributed by atoms with Gasteiger partial charge in [0.15, 0.2) is 0 Å². The number of hydrogen-bond donors (Lipinski definition) is 2. The second-order valence-corrected chi connectivity index (χ2v) is 5.44. The smallest absolute Gasteiger partial charge is 0.257 e. The molecule has 1 amide bonds. The molecule has 2 aromatic heterocycles. The van der Waals surface area contributed by atoms with Gasteiger partial charge in [-0.3, -0.25) is 4.79 Å². The lowest BCUT2D eigenvalue weighted by molar-refractivity contribution is -0.110. The van der Waals surface area contributed by atoms with Gasteiger partial charge in [0.05, 0.1) is 17.5 Å². The molecule has 5 heteroatoms. The largest absolute Gasteiger partial charge is 0.397 e. The summed E-state index contributed by atoms with van der Waals surface area (Å²) in [5.41, 5.74) is 7.65. The van der Waals surface area contributed by atoms with Crippen molar-refractivity contribution < 1.29 is 4.79 Å². The number of aryl methyl sites for hydroxylation is 1. The zero-order valence-electron chi connectivity index (χ0n) is 9.73. The van der Waals surface area contributed by atoms with E-state index in [-0.39, 0.29) is 5.91 Å². The van der Waals surface area contributed by atoms with Gasteiger partial charge in [-0.05, 0) is 31.2 Å². The van der Waals surface area contributed by atoms with E-state index < -0.39 is 0 Å². The summed E-state index contributed by atoms with van der Waals surface area (Å²) < 4.78 is 0. The first-order valence-corrected chi connectivity index (χ1v) is 6.30. The van der Waals surface area contributed by atoms with Gasteiger partial charge in [0, 0.05) is 15.3 Å². The number of carbonyl (C=O) groups excluding carboxylic acids is 1. The van der Waals surface area contributed by atoms with Crippen molar-refractivity contribution in [1.82, 2.24) is 4.98 Å². The first kappa shape index (κ1) is 11.0. The fourth-order valence-electron chi connectivity index (χ4n) is 1.90. The van der Waals surface area contributed by atoms with Crippen molar-refractivity contribution in [2.45, 2.75) is 6.92 Å². The third kappa shape index (κ3) is 1.78. The number of nitrogen functional groups attached to an aromatic ring is 1. The summed E-state index contributed by atoms with van der Waals surface area (Å²) in [7, 11) is 0. The Bertz CT molecular complexity index is 673. The predicted octanol–water partition coefficient (Wildman–Crippen LogP) is 2.53. The lowest BCUT2D eigenvalue weighted by Gasteiger charge is -1.98. The molecule has 0 unspecified atom stereocenters. The summed E-state index contributed by atoms with van der Waals surface area (Å²) in [6.07, 6.45) is 3.41. The third-order valence-corrected chi connectivity index (χ3v) is 3.67. The summed E-state index contributed by atoms with van der Waals surface area (Å²) in [6.45, 7) is 2.04. The van der Waals surface area contributed by atoms with Gasteiger partial charge in [-0.15, -0.1) is 11.3 Å². The number of anilines is 2. The van der Waals surface area contributed by atoms with Crippen LogP contribution in [-0.2, 0) is 4.79 Å². The second-order valence-electron chi connectivity index (χ2n) is 4.13. The highest BCUT2D eigenvalue weighted by Gasteiger charge is 2.25. The van der Waals surface area contributed by atoms with Crippen molar-refractivity contribution >= 4 is 40.4 Å². The molecule has 1 aliphatic heterocycles. The van der Waals surface area contributed by atoms with Gasteiger partial charge >= 0.3 is 0 Å². The Morgan fingerprint density at radius 3 is 3.00 bits per heavy atom. The number of pyridine rings is 1. The Hall–Kier alpha value is -2.14. The van der Waals surface area contributed by atoms with E-state index in [0.29, 0.717) is 17.1 Å². The Morgan fingerprint density at radius 2 is 2.28 bits per heavy atom. The van der Waals surface area contributed by atoms with E-state index >= 15 is 0 Å². The Kier molecular flexibility index (Phi) is 2.41. The minimum atomic E-state index is -0.130. The number of fused-ring (bicyclic) bond motifs is 1. The molecule has 0 bridgehead atoms. The van der Waals surface area contributed by atoms with E-state index in [1.54, 1.807) is 17.4 Å². The van der Waals surface area contributed by atoms with E-state index in [1.807, 2.05) is 25.1 Å². The molecular weight excluding hydrogens is 246 g/mol. The zero-order chi connectivity index (χ0) is 12.7. The predicted molar refractivity (Wildman–Crippen MR) is 74.2 cm³/mol. The maximum absolute atomic E-state index is 11.9. The fourth-order valence-corrected chi connectivity index (χ4v) is 2.72. The van der Waals surface area contributed by atoms with Crippen LogP contribution in [0.1, 0.15) is 15.3 Å². The molecule has 0 saturated carbocycles. The highest BCUT2D eigenvalue weighted by Crippen LogP contribution is 2.33. The molecule has 0 aliphatic carbocycles. The molecule has 4 nitrogen and oxygen atoms in total. The Morgan fingerprint density at radius 1 is 1.44 bits per heavy atom. The van der Waals surface area contributed by atoms with Crippen LogP contribution in [-0.4, -0.2) is 10.9 Å². The molecule has 18 heavy (non-hydrogen) atoms. The molecule has 3 heterocycles. The number of carbonyl (C=O) groups is 1. The number of thiophene rings is 1. The topological polar surface area (TPSA) is 68.0 Å². The molecule has 3 N–H and O–H groups in total. The van der Waals surface area contributed by atoms with Gasteiger partial charge in [-0.25, -0.2) is 4.98 Å². The lowest BCUT2D eigenvalue weighted by atomic mass is 10.1. The van der Waals surface area contributed by atoms with Crippen molar-refractivity contribution in [3.63, 3.8) is 0 Å². The van der Waals surface area contributed by atoms with Crippen LogP contribution >= 0.6 is 11.3 Å². The van der Waals surface area contributed by atoms with Crippen molar-refractivity contribution in [3.05, 3.63) is 39.7 Å². The van der Waals surface area contributed by atoms with E-state index in [0.717, 1.165) is 10.4 Å². The first-order chi connectivity index (χ1) is 8.63. The van der Waals surface area contributed by atoms with Crippen molar-refractivity contribution in [2.75, 3.05) is 11.1 Å². The van der Waals surface area contributed by atoms with Crippen LogP contribution in [0.15, 0.2) is 24.4 Å². The highest BCUT2D eigenvalue weighted by molar-refractivity contribution is 7.12. The maximum atomic E-state index is 11.9. The minimum Gasteiger partial charge on any atom is -0.397 e. The summed E-state index contributed by atoms with van der Waals surface area (Å²) in [5, 5.41) is 2.73. The SMILES string of the molecule is Cc1ccc(C=C2C(=O)Nc3ncc(N)cc32)s1. The first-order valence-electron chi connectivity index (χ1n) is 5.49. The number of nitrogens with one attached hydrogen (secondary N) is 1. The van der Waals surface area contributed by atoms with E-state index in [1.165, 1.54) is 11.1 Å². The van der Waals surface area contributed by atoms with Gasteiger partial charge in [-0.2, -0.15) is 0 Å². The molecular formula is C13H11N3OS. The van der Waals surface area contributed by atoms with Crippen LogP contribution < -0.4 is 11.1 Å². The highest BCUT2D eigenvalue weighted by atomic mass is 32.1. The van der Waals surface area contributed by atoms with Gasteiger partial charge in [-0.1, -0.05) is 0 Å². The molecule has 90 valence electrons. The molecule has 0 fully saturated rings. The number of hydrogen-bond acceptors (Lipinski definition) is 4. The molecule has 2 aromatic rings. The maximum Gasteiger partial charge on any atom is 0.257 e.